The van der Waals surface area contributed by atoms with E-state index in [2.05, 4.69) is 19.8 Å². The summed E-state index contributed by atoms with van der Waals surface area (Å²) in [5, 5.41) is 3.80. The number of aromatic amines is 1. The van der Waals surface area contributed by atoms with Crippen LogP contribution in [-0.4, -0.2) is 40.1 Å². The molecule has 0 saturated carbocycles. The largest absolute Gasteiger partial charge is 0.337 e. The number of thioether (sulfide) groups is 1. The summed E-state index contributed by atoms with van der Waals surface area (Å²) >= 11 is 1.54. The Labute approximate surface area is 176 Å². The smallest absolute Gasteiger partial charge is 0.328 e. The second kappa shape index (κ2) is 8.98. The highest BCUT2D eigenvalue weighted by molar-refractivity contribution is 7.98. The van der Waals surface area contributed by atoms with Crippen molar-refractivity contribution in [2.75, 3.05) is 12.0 Å². The fourth-order valence-electron chi connectivity index (χ4n) is 2.65. The number of sulfonamides is 1. The SMILES string of the molecule is CSCCC(NS(=O)(=O)c1ccc(C)cc1)c1nc(-c2cn(C)c(=O)[nH]c2=O)no1. The number of aromatic nitrogens is 4. The first-order chi connectivity index (χ1) is 14.2. The van der Waals surface area contributed by atoms with Crippen molar-refractivity contribution in [3.63, 3.8) is 0 Å². The number of benzene rings is 1. The van der Waals surface area contributed by atoms with Crippen LogP contribution in [0.5, 0.6) is 0 Å². The Kier molecular flexibility index (Phi) is 6.58. The zero-order chi connectivity index (χ0) is 21.9. The van der Waals surface area contributed by atoms with Gasteiger partial charge < -0.3 is 9.09 Å². The standard InChI is InChI=1S/C18H21N5O5S2/c1-11-4-6-12(7-5-11)30(26,27)22-14(8-9-29-3)17-19-15(21-28-17)13-10-23(2)18(25)20-16(13)24/h4-7,10,14,22H,8-9H2,1-3H3,(H,20,24,25). The van der Waals surface area contributed by atoms with Gasteiger partial charge in [-0.2, -0.15) is 21.5 Å². The molecule has 1 atom stereocenters. The zero-order valence-electron chi connectivity index (χ0n) is 16.6. The van der Waals surface area contributed by atoms with Crippen molar-refractivity contribution in [1.82, 2.24) is 24.4 Å². The van der Waals surface area contributed by atoms with Crippen LogP contribution in [0.4, 0.5) is 0 Å². The van der Waals surface area contributed by atoms with Crippen molar-refractivity contribution in [3.8, 4) is 11.4 Å². The van der Waals surface area contributed by atoms with Crippen molar-refractivity contribution >= 4 is 21.8 Å². The van der Waals surface area contributed by atoms with Crippen molar-refractivity contribution in [3.05, 3.63) is 62.8 Å². The van der Waals surface area contributed by atoms with Crippen LogP contribution >= 0.6 is 11.8 Å². The zero-order valence-corrected chi connectivity index (χ0v) is 18.2. The van der Waals surface area contributed by atoms with E-state index in [0.717, 1.165) is 5.56 Å². The number of hydrogen-bond acceptors (Lipinski definition) is 8. The van der Waals surface area contributed by atoms with Crippen LogP contribution in [0.2, 0.25) is 0 Å². The van der Waals surface area contributed by atoms with Gasteiger partial charge in [-0.15, -0.1) is 0 Å². The fourth-order valence-corrected chi connectivity index (χ4v) is 4.35. The van der Waals surface area contributed by atoms with Crippen LogP contribution < -0.4 is 16.0 Å². The summed E-state index contributed by atoms with van der Waals surface area (Å²) in [6.45, 7) is 1.87. The summed E-state index contributed by atoms with van der Waals surface area (Å²) in [5.74, 6) is 0.632. The molecule has 1 unspecified atom stereocenters. The molecule has 3 aromatic rings. The summed E-state index contributed by atoms with van der Waals surface area (Å²) in [6.07, 6.45) is 3.59. The van der Waals surface area contributed by atoms with Gasteiger partial charge in [-0.3, -0.25) is 9.78 Å². The minimum absolute atomic E-state index is 0.0305. The van der Waals surface area contributed by atoms with Crippen molar-refractivity contribution in [2.45, 2.75) is 24.3 Å². The molecule has 30 heavy (non-hydrogen) atoms. The minimum atomic E-state index is -3.83. The summed E-state index contributed by atoms with van der Waals surface area (Å²) < 4.78 is 34.7. The minimum Gasteiger partial charge on any atom is -0.337 e. The van der Waals surface area contributed by atoms with Crippen LogP contribution in [0.3, 0.4) is 0 Å². The van der Waals surface area contributed by atoms with E-state index in [4.69, 9.17) is 4.52 Å². The Hall–Kier alpha value is -2.70. The second-order valence-corrected chi connectivity index (χ2v) is 9.34. The number of H-pyrrole nitrogens is 1. The molecule has 2 N–H and O–H groups in total. The molecule has 12 heteroatoms. The Morgan fingerprint density at radius 2 is 1.97 bits per heavy atom. The van der Waals surface area contributed by atoms with Gasteiger partial charge in [0.05, 0.1) is 4.90 Å². The van der Waals surface area contributed by atoms with Crippen LogP contribution in [0, 0.1) is 6.92 Å². The molecule has 0 spiro atoms. The van der Waals surface area contributed by atoms with Crippen molar-refractivity contribution in [2.24, 2.45) is 7.05 Å². The Bertz CT molecular complexity index is 1240. The van der Waals surface area contributed by atoms with E-state index in [1.54, 1.807) is 12.1 Å². The number of rotatable bonds is 8. The lowest BCUT2D eigenvalue weighted by molar-refractivity contribution is 0.343. The summed E-state index contributed by atoms with van der Waals surface area (Å²) in [5.41, 5.74) is -0.253. The second-order valence-electron chi connectivity index (χ2n) is 6.64. The molecule has 2 heterocycles. The van der Waals surface area contributed by atoms with Gasteiger partial charge in [-0.25, -0.2) is 13.2 Å². The van der Waals surface area contributed by atoms with E-state index in [9.17, 15) is 18.0 Å². The third-order valence-electron chi connectivity index (χ3n) is 4.33. The Balaban J connectivity index is 1.93. The van der Waals surface area contributed by atoms with Gasteiger partial charge in [0.2, 0.25) is 21.7 Å². The lowest BCUT2D eigenvalue weighted by Crippen LogP contribution is -2.29. The topological polar surface area (TPSA) is 140 Å². The maximum absolute atomic E-state index is 12.8. The third kappa shape index (κ3) is 4.89. The van der Waals surface area contributed by atoms with Crippen LogP contribution in [0.25, 0.3) is 11.4 Å². The van der Waals surface area contributed by atoms with Gasteiger partial charge in [0.1, 0.15) is 11.6 Å². The summed E-state index contributed by atoms with van der Waals surface area (Å²) in [7, 11) is -2.36. The highest BCUT2D eigenvalue weighted by atomic mass is 32.2. The molecule has 0 bridgehead atoms. The molecule has 0 fully saturated rings. The maximum Gasteiger partial charge on any atom is 0.328 e. The molecule has 160 valence electrons. The molecular weight excluding hydrogens is 430 g/mol. The molecule has 10 nitrogen and oxygen atoms in total. The molecule has 1 aromatic carbocycles. The van der Waals surface area contributed by atoms with E-state index >= 15 is 0 Å². The van der Waals surface area contributed by atoms with Gasteiger partial charge >= 0.3 is 5.69 Å². The molecular formula is C18H21N5O5S2. The lowest BCUT2D eigenvalue weighted by atomic mass is 10.2. The predicted octanol–water partition coefficient (Wildman–Crippen LogP) is 1.20. The first-order valence-corrected chi connectivity index (χ1v) is 11.8. The number of nitrogens with zero attached hydrogens (tertiary/aromatic N) is 3. The molecule has 0 aliphatic rings. The van der Waals surface area contributed by atoms with Crippen molar-refractivity contribution < 1.29 is 12.9 Å². The van der Waals surface area contributed by atoms with E-state index in [1.165, 1.54) is 41.7 Å². The van der Waals surface area contributed by atoms with Crippen LogP contribution in [0.15, 0.2) is 49.5 Å². The molecule has 0 amide bonds. The third-order valence-corrected chi connectivity index (χ3v) is 6.46. The highest BCUT2D eigenvalue weighted by Gasteiger charge is 2.26. The Morgan fingerprint density at radius 3 is 2.63 bits per heavy atom. The first kappa shape index (κ1) is 22.0. The normalized spacial score (nSPS) is 12.8. The lowest BCUT2D eigenvalue weighted by Gasteiger charge is -2.15. The average Bonchev–Trinajstić information content (AvgIpc) is 3.18. The van der Waals surface area contributed by atoms with Crippen LogP contribution in [-0.2, 0) is 17.1 Å². The maximum atomic E-state index is 12.8. The number of aryl methyl sites for hydroxylation is 2. The molecule has 0 aliphatic carbocycles. The van der Waals surface area contributed by atoms with Gasteiger partial charge in [0, 0.05) is 13.2 Å². The van der Waals surface area contributed by atoms with Crippen LogP contribution in [0.1, 0.15) is 23.9 Å². The van der Waals surface area contributed by atoms with Gasteiger partial charge in [-0.05, 0) is 37.5 Å². The molecule has 0 aliphatic heterocycles. The predicted molar refractivity (Wildman–Crippen MR) is 113 cm³/mol. The van der Waals surface area contributed by atoms with Gasteiger partial charge in [0.25, 0.3) is 5.56 Å². The number of hydrogen-bond donors (Lipinski definition) is 2. The molecule has 2 aromatic heterocycles. The van der Waals surface area contributed by atoms with E-state index in [1.807, 2.05) is 13.2 Å². The van der Waals surface area contributed by atoms with Crippen molar-refractivity contribution in [1.29, 1.82) is 0 Å². The Morgan fingerprint density at radius 1 is 1.27 bits per heavy atom. The fraction of sp³-hybridized carbons (Fsp3) is 0.333. The summed E-state index contributed by atoms with van der Waals surface area (Å²) in [6, 6.07) is 5.68. The molecule has 0 saturated heterocycles. The number of nitrogens with one attached hydrogen (secondary N) is 2. The van der Waals surface area contributed by atoms with E-state index in [0.29, 0.717) is 12.2 Å². The van der Waals surface area contributed by atoms with E-state index in [-0.39, 0.29) is 22.2 Å². The average molecular weight is 452 g/mol. The molecule has 0 radical (unpaired) electrons. The summed E-state index contributed by atoms with van der Waals surface area (Å²) in [4.78, 5) is 30.1. The quantitative estimate of drug-likeness (QED) is 0.521. The van der Waals surface area contributed by atoms with E-state index < -0.39 is 27.3 Å². The van der Waals surface area contributed by atoms with Gasteiger partial charge in [0.15, 0.2) is 0 Å². The first-order valence-electron chi connectivity index (χ1n) is 8.93. The molecule has 3 rings (SSSR count). The highest BCUT2D eigenvalue weighted by Crippen LogP contribution is 2.23. The monoisotopic (exact) mass is 451 g/mol. The van der Waals surface area contributed by atoms with Gasteiger partial charge in [-0.1, -0.05) is 22.9 Å².